The second-order valence-corrected chi connectivity index (χ2v) is 7.44. The molecule has 2 aromatic rings. The molecule has 0 aliphatic carbocycles. The van der Waals surface area contributed by atoms with E-state index in [-0.39, 0.29) is 22.4 Å². The molecule has 0 saturated heterocycles. The van der Waals surface area contributed by atoms with E-state index in [2.05, 4.69) is 16.0 Å². The molecule has 0 bridgehead atoms. The van der Waals surface area contributed by atoms with Gasteiger partial charge in [-0.15, -0.1) is 0 Å². The monoisotopic (exact) mass is 470 g/mol. The molecule has 0 heterocycles. The third-order valence-electron chi connectivity index (χ3n) is 3.67. The van der Waals surface area contributed by atoms with Crippen LogP contribution in [0.1, 0.15) is 13.3 Å². The van der Waals surface area contributed by atoms with Crippen molar-refractivity contribution in [2.45, 2.75) is 13.3 Å². The van der Waals surface area contributed by atoms with Crippen LogP contribution in [0, 0.1) is 0 Å². The van der Waals surface area contributed by atoms with Crippen LogP contribution in [0.3, 0.4) is 0 Å². The Labute approximate surface area is 190 Å². The number of rotatable bonds is 7. The molecule has 0 radical (unpaired) electrons. The number of benzene rings is 2. The van der Waals surface area contributed by atoms with E-state index in [0.29, 0.717) is 45.9 Å². The molecule has 2 rings (SSSR count). The molecular formula is C19H20Cl2N4O2S2. The largest absolute Gasteiger partial charge is 0.466 e. The maximum Gasteiger partial charge on any atom is 0.307 e. The first-order valence-electron chi connectivity index (χ1n) is 8.67. The number of nitrogen functional groups attached to an aromatic ring is 1. The van der Waals surface area contributed by atoms with E-state index in [4.69, 9.17) is 58.1 Å². The van der Waals surface area contributed by atoms with Crippen LogP contribution >= 0.6 is 47.6 Å². The number of anilines is 4. The lowest BCUT2D eigenvalue weighted by atomic mass is 10.2. The molecule has 0 aliphatic heterocycles. The van der Waals surface area contributed by atoms with Gasteiger partial charge in [-0.25, -0.2) is 0 Å². The number of esters is 1. The smallest absolute Gasteiger partial charge is 0.307 e. The Bertz CT molecular complexity index is 925. The first-order valence-corrected chi connectivity index (χ1v) is 10.2. The van der Waals surface area contributed by atoms with Crippen LogP contribution in [0.15, 0.2) is 36.4 Å². The number of ether oxygens (including phenoxy) is 1. The minimum absolute atomic E-state index is 0.209. The van der Waals surface area contributed by atoms with Gasteiger partial charge in [0.15, 0.2) is 0 Å². The molecule has 154 valence electrons. The number of nitrogens with two attached hydrogens (primary N) is 1. The van der Waals surface area contributed by atoms with E-state index in [1.807, 2.05) is 0 Å². The van der Waals surface area contributed by atoms with E-state index in [1.54, 1.807) is 43.3 Å². The molecule has 6 nitrogen and oxygen atoms in total. The molecule has 0 fully saturated rings. The first-order chi connectivity index (χ1) is 13.8. The fourth-order valence-electron chi connectivity index (χ4n) is 2.34. The maximum atomic E-state index is 11.5. The summed E-state index contributed by atoms with van der Waals surface area (Å²) in [6, 6.07) is 10.3. The van der Waals surface area contributed by atoms with Crippen LogP contribution in [0.2, 0.25) is 10.0 Å². The van der Waals surface area contributed by atoms with Crippen molar-refractivity contribution in [2.24, 2.45) is 0 Å². The Morgan fingerprint density at radius 1 is 1.10 bits per heavy atom. The Hall–Kier alpha value is -2.13. The highest BCUT2D eigenvalue weighted by Crippen LogP contribution is 2.29. The lowest BCUT2D eigenvalue weighted by Crippen LogP contribution is -2.26. The predicted octanol–water partition coefficient (Wildman–Crippen LogP) is 5.12. The van der Waals surface area contributed by atoms with Crippen molar-refractivity contribution in [2.75, 3.05) is 34.8 Å². The van der Waals surface area contributed by atoms with Crippen LogP contribution in [-0.4, -0.2) is 29.1 Å². The van der Waals surface area contributed by atoms with Gasteiger partial charge in [0.1, 0.15) is 9.98 Å². The zero-order chi connectivity index (χ0) is 21.4. The van der Waals surface area contributed by atoms with Gasteiger partial charge in [-0.3, -0.25) is 4.79 Å². The summed E-state index contributed by atoms with van der Waals surface area (Å²) in [7, 11) is 0. The molecule has 2 aromatic carbocycles. The van der Waals surface area contributed by atoms with Gasteiger partial charge in [0.25, 0.3) is 0 Å². The first kappa shape index (κ1) is 23.2. The molecule has 0 saturated carbocycles. The second-order valence-electron chi connectivity index (χ2n) is 5.78. The Balaban J connectivity index is 2.04. The van der Waals surface area contributed by atoms with Crippen LogP contribution in [0.4, 0.5) is 22.7 Å². The van der Waals surface area contributed by atoms with Crippen molar-refractivity contribution >= 4 is 86.3 Å². The topological polar surface area (TPSA) is 88.4 Å². The van der Waals surface area contributed by atoms with Crippen LogP contribution in [0.5, 0.6) is 0 Å². The van der Waals surface area contributed by atoms with Crippen molar-refractivity contribution < 1.29 is 9.53 Å². The fourth-order valence-corrected chi connectivity index (χ4v) is 3.12. The van der Waals surface area contributed by atoms with Gasteiger partial charge in [0.05, 0.1) is 40.8 Å². The summed E-state index contributed by atoms with van der Waals surface area (Å²) < 4.78 is 4.92. The molecule has 10 heteroatoms. The molecular weight excluding hydrogens is 451 g/mol. The van der Waals surface area contributed by atoms with Gasteiger partial charge in [0.2, 0.25) is 0 Å². The van der Waals surface area contributed by atoms with Gasteiger partial charge in [0, 0.05) is 11.6 Å². The zero-order valence-electron chi connectivity index (χ0n) is 15.6. The minimum atomic E-state index is -0.287. The highest BCUT2D eigenvalue weighted by atomic mass is 35.5. The maximum absolute atomic E-state index is 11.5. The quantitative estimate of drug-likeness (QED) is 0.252. The van der Waals surface area contributed by atoms with Crippen molar-refractivity contribution in [3.63, 3.8) is 0 Å². The van der Waals surface area contributed by atoms with E-state index in [9.17, 15) is 4.79 Å². The fraction of sp³-hybridized carbons (Fsp3) is 0.211. The Kier molecular flexibility index (Phi) is 8.91. The van der Waals surface area contributed by atoms with Gasteiger partial charge in [-0.05, 0) is 37.3 Å². The number of carbonyl (C=O) groups excluding carboxylic acids is 1. The third-order valence-corrected chi connectivity index (χ3v) is 4.96. The Morgan fingerprint density at radius 2 is 1.79 bits per heavy atom. The number of halogens is 2. The predicted molar refractivity (Wildman–Crippen MR) is 129 cm³/mol. The standard InChI is InChI=1S/C19H20Cl2N4O2S2/c1-2-27-16(26)8-9-23-17-13(22)4-3-5-15(17)25-19(29)18(28)24-14-7-6-11(20)10-12(14)21/h3-7,10,23H,2,8-9,22H2,1H3,(H,24,28)(H,25,29). The summed E-state index contributed by atoms with van der Waals surface area (Å²) >= 11 is 22.8. The molecule has 0 spiro atoms. The second kappa shape index (κ2) is 11.2. The molecule has 0 amide bonds. The summed E-state index contributed by atoms with van der Waals surface area (Å²) in [6.07, 6.45) is 0.209. The summed E-state index contributed by atoms with van der Waals surface area (Å²) in [5.74, 6) is -0.287. The molecule has 0 unspecified atom stereocenters. The van der Waals surface area contributed by atoms with Crippen LogP contribution < -0.4 is 21.7 Å². The molecule has 0 aliphatic rings. The number of carbonyl (C=O) groups is 1. The minimum Gasteiger partial charge on any atom is -0.466 e. The normalized spacial score (nSPS) is 10.2. The van der Waals surface area contributed by atoms with Gasteiger partial charge in [-0.1, -0.05) is 53.7 Å². The lowest BCUT2D eigenvalue weighted by Gasteiger charge is -2.17. The van der Waals surface area contributed by atoms with Crippen molar-refractivity contribution in [1.82, 2.24) is 0 Å². The van der Waals surface area contributed by atoms with Crippen LogP contribution in [0.25, 0.3) is 0 Å². The number of hydrogen-bond donors (Lipinski definition) is 4. The van der Waals surface area contributed by atoms with E-state index in [1.165, 1.54) is 0 Å². The Morgan fingerprint density at radius 3 is 2.45 bits per heavy atom. The SMILES string of the molecule is CCOC(=O)CCNc1c(N)cccc1NC(=S)C(=S)Nc1ccc(Cl)cc1Cl. The summed E-state index contributed by atoms with van der Waals surface area (Å²) in [4.78, 5) is 12.1. The third kappa shape index (κ3) is 7.01. The number of hydrogen-bond acceptors (Lipinski definition) is 6. The van der Waals surface area contributed by atoms with Crippen molar-refractivity contribution in [3.05, 3.63) is 46.4 Å². The van der Waals surface area contributed by atoms with E-state index < -0.39 is 0 Å². The molecule has 5 N–H and O–H groups in total. The van der Waals surface area contributed by atoms with E-state index in [0.717, 1.165) is 0 Å². The number of thiocarbonyl (C=S) groups is 2. The highest BCUT2D eigenvalue weighted by molar-refractivity contribution is 7.89. The molecule has 0 atom stereocenters. The van der Waals surface area contributed by atoms with Gasteiger partial charge >= 0.3 is 5.97 Å². The van der Waals surface area contributed by atoms with Gasteiger partial charge < -0.3 is 26.4 Å². The van der Waals surface area contributed by atoms with Crippen molar-refractivity contribution in [3.8, 4) is 0 Å². The van der Waals surface area contributed by atoms with Crippen LogP contribution in [-0.2, 0) is 9.53 Å². The molecule has 29 heavy (non-hydrogen) atoms. The highest BCUT2D eigenvalue weighted by Gasteiger charge is 2.12. The summed E-state index contributed by atoms with van der Waals surface area (Å²) in [5.41, 5.74) is 8.40. The lowest BCUT2D eigenvalue weighted by molar-refractivity contribution is -0.142. The summed E-state index contributed by atoms with van der Waals surface area (Å²) in [5, 5.41) is 10.1. The zero-order valence-corrected chi connectivity index (χ0v) is 18.7. The van der Waals surface area contributed by atoms with E-state index >= 15 is 0 Å². The number of para-hydroxylation sites is 1. The average Bonchev–Trinajstić information content (AvgIpc) is 2.66. The summed E-state index contributed by atoms with van der Waals surface area (Å²) in [6.45, 7) is 2.46. The number of nitrogens with one attached hydrogen (secondary N) is 3. The molecule has 0 aromatic heterocycles. The van der Waals surface area contributed by atoms with Gasteiger partial charge in [-0.2, -0.15) is 0 Å². The average molecular weight is 471 g/mol. The van der Waals surface area contributed by atoms with Crippen molar-refractivity contribution in [1.29, 1.82) is 0 Å².